The van der Waals surface area contributed by atoms with Gasteiger partial charge in [0.25, 0.3) is 0 Å². The van der Waals surface area contributed by atoms with Gasteiger partial charge in [0.15, 0.2) is 0 Å². The Balaban J connectivity index is 4.33. The molecule has 3 atom stereocenters. The van der Waals surface area contributed by atoms with E-state index in [9.17, 15) is 19.5 Å². The molecule has 0 saturated heterocycles. The summed E-state index contributed by atoms with van der Waals surface area (Å²) in [5.74, 6) is 0. The van der Waals surface area contributed by atoms with Crippen molar-refractivity contribution in [1.82, 2.24) is 0 Å². The molecular weight excluding hydrogens is 322 g/mol. The molecule has 128 valence electrons. The van der Waals surface area contributed by atoms with Crippen LogP contribution in [-0.4, -0.2) is 77.5 Å². The van der Waals surface area contributed by atoms with E-state index < -0.39 is 21.5 Å². The molecule has 0 radical (unpaired) electrons. The summed E-state index contributed by atoms with van der Waals surface area (Å²) in [6.45, 7) is 2.18. The van der Waals surface area contributed by atoms with Gasteiger partial charge < -0.3 is 24.3 Å². The van der Waals surface area contributed by atoms with Crippen LogP contribution in [0.25, 0.3) is 0 Å². The van der Waals surface area contributed by atoms with Crippen molar-refractivity contribution in [3.05, 3.63) is 0 Å². The predicted octanol–water partition coefficient (Wildman–Crippen LogP) is -1.17. The van der Waals surface area contributed by atoms with Crippen LogP contribution >= 0.6 is 16.4 Å². The van der Waals surface area contributed by atoms with Gasteiger partial charge in [0, 0.05) is 12.8 Å². The molecule has 0 saturated carbocycles. The molecule has 0 aliphatic heterocycles. The Morgan fingerprint density at radius 3 is 2.29 bits per heavy atom. The summed E-state index contributed by atoms with van der Waals surface area (Å²) in [6, 6.07) is 0. The molecule has 9 nitrogen and oxygen atoms in total. The quantitative estimate of drug-likeness (QED) is 0.138. The Hall–Kier alpha value is 0.340. The first-order valence-corrected chi connectivity index (χ1v) is 9.07. The molecule has 21 heavy (non-hydrogen) atoms. The van der Waals surface area contributed by atoms with E-state index in [1.807, 2.05) is 7.05 Å². The molecule has 0 aromatic rings. The van der Waals surface area contributed by atoms with E-state index in [4.69, 9.17) is 5.26 Å². The van der Waals surface area contributed by atoms with Gasteiger partial charge in [-0.15, -0.1) is 0 Å². The van der Waals surface area contributed by atoms with E-state index >= 15 is 0 Å². The molecule has 0 fully saturated rings. The highest BCUT2D eigenvalue weighted by molar-refractivity contribution is 7.64. The van der Waals surface area contributed by atoms with Gasteiger partial charge in [-0.2, -0.15) is 4.67 Å². The van der Waals surface area contributed by atoms with Gasteiger partial charge in [0.2, 0.25) is 5.08 Å². The number of hydrogen-bond acceptors (Lipinski definition) is 5. The molecule has 0 amide bonds. The smallest absolute Gasteiger partial charge is 0.363 e. The zero-order chi connectivity index (χ0) is 16.7. The molecule has 3 unspecified atom stereocenters. The highest BCUT2D eigenvalue weighted by atomic mass is 31.2. The van der Waals surface area contributed by atoms with E-state index in [2.05, 4.69) is 30.9 Å². The minimum Gasteiger partial charge on any atom is -0.372 e. The largest absolute Gasteiger partial charge is 0.372 e. The zero-order valence-electron chi connectivity index (χ0n) is 12.9. The van der Waals surface area contributed by atoms with E-state index in [1.165, 1.54) is 0 Å². The average Bonchev–Trinajstić information content (AvgIpc) is 2.31. The summed E-state index contributed by atoms with van der Waals surface area (Å²) >= 11 is 0. The van der Waals surface area contributed by atoms with Gasteiger partial charge >= 0.3 is 7.60 Å². The standard InChI is InChI=1S/C10H26N2O7P2/c1-11(7-5-9-12(2,3)4)8-6-10(13,20-19-18-14)21(15,16)17/h13,20H,5-9H2,1-4H3,(H2-,14,15,16,17)/p+2. The molecule has 0 rings (SSSR count). The number of nitrogens with zero attached hydrogens (tertiary/aromatic N) is 1. The van der Waals surface area contributed by atoms with Crippen molar-refractivity contribution in [2.24, 2.45) is 0 Å². The normalized spacial score (nSPS) is 18.1. The van der Waals surface area contributed by atoms with Crippen molar-refractivity contribution < 1.29 is 43.8 Å². The van der Waals surface area contributed by atoms with Gasteiger partial charge in [0.1, 0.15) is 8.81 Å². The molecule has 0 heterocycles. The van der Waals surface area contributed by atoms with Crippen molar-refractivity contribution in [2.75, 3.05) is 47.8 Å². The second-order valence-corrected chi connectivity index (χ2v) is 9.64. The summed E-state index contributed by atoms with van der Waals surface area (Å²) in [6.07, 6.45) is 0.803. The van der Waals surface area contributed by atoms with E-state index in [-0.39, 0.29) is 6.42 Å². The van der Waals surface area contributed by atoms with Crippen molar-refractivity contribution in [3.8, 4) is 0 Å². The fourth-order valence-corrected chi connectivity index (χ4v) is 3.10. The summed E-state index contributed by atoms with van der Waals surface area (Å²) in [4.78, 5) is 19.4. The van der Waals surface area contributed by atoms with Gasteiger partial charge in [0.05, 0.1) is 47.8 Å². The Morgan fingerprint density at radius 1 is 1.29 bits per heavy atom. The van der Waals surface area contributed by atoms with Gasteiger partial charge in [-0.3, -0.25) is 4.57 Å². The monoisotopic (exact) mass is 350 g/mol. The summed E-state index contributed by atoms with van der Waals surface area (Å²) < 4.78 is 16.3. The molecule has 11 heteroatoms. The Morgan fingerprint density at radius 2 is 1.86 bits per heavy atom. The third-order valence-corrected chi connectivity index (χ3v) is 6.13. The second-order valence-electron chi connectivity index (χ2n) is 6.20. The minimum absolute atomic E-state index is 0.157. The molecule has 0 aliphatic carbocycles. The first kappa shape index (κ1) is 21.3. The van der Waals surface area contributed by atoms with Crippen molar-refractivity contribution in [2.45, 2.75) is 17.9 Å². The maximum atomic E-state index is 11.3. The second kappa shape index (κ2) is 8.84. The summed E-state index contributed by atoms with van der Waals surface area (Å²) in [7, 11) is 2.30. The van der Waals surface area contributed by atoms with Crippen LogP contribution in [0.2, 0.25) is 0 Å². The highest BCUT2D eigenvalue weighted by Crippen LogP contribution is 2.59. The van der Waals surface area contributed by atoms with Crippen LogP contribution in [-0.2, 0) is 14.3 Å². The number of aliphatic hydroxyl groups is 1. The van der Waals surface area contributed by atoms with Crippen molar-refractivity contribution >= 4 is 16.4 Å². The lowest BCUT2D eigenvalue weighted by Gasteiger charge is -2.28. The Labute approximate surface area is 126 Å². The SMILES string of the molecule is C[NH+](CCC[N+](C)(C)C)CCC(O)(POOO)P(=O)(O)O. The summed E-state index contributed by atoms with van der Waals surface area (Å²) in [5, 5.41) is 19.1. The predicted molar refractivity (Wildman–Crippen MR) is 78.9 cm³/mol. The summed E-state index contributed by atoms with van der Waals surface area (Å²) in [5.41, 5.74) is 0. The van der Waals surface area contributed by atoms with Crippen molar-refractivity contribution in [3.63, 3.8) is 0 Å². The first-order valence-electron chi connectivity index (χ1n) is 6.55. The molecule has 0 aromatic heterocycles. The lowest BCUT2D eigenvalue weighted by molar-refractivity contribution is -0.895. The van der Waals surface area contributed by atoms with Crippen LogP contribution in [0.3, 0.4) is 0 Å². The van der Waals surface area contributed by atoms with E-state index in [0.717, 1.165) is 28.9 Å². The molecule has 0 bridgehead atoms. The number of rotatable bonds is 11. The number of hydrogen-bond donors (Lipinski definition) is 5. The van der Waals surface area contributed by atoms with Crippen LogP contribution in [0.1, 0.15) is 12.8 Å². The third-order valence-electron chi connectivity index (χ3n) is 3.06. The fourth-order valence-electron chi connectivity index (χ4n) is 1.71. The molecule has 0 aliphatic rings. The topological polar surface area (TPSA) is 121 Å². The first-order chi connectivity index (χ1) is 9.41. The van der Waals surface area contributed by atoms with Crippen LogP contribution in [0.5, 0.6) is 0 Å². The highest BCUT2D eigenvalue weighted by Gasteiger charge is 2.47. The maximum absolute atomic E-state index is 11.3. The lowest BCUT2D eigenvalue weighted by Crippen LogP contribution is -3.09. The molecular formula is C10H28N2O7P2+2. The van der Waals surface area contributed by atoms with Crippen LogP contribution < -0.4 is 4.90 Å². The van der Waals surface area contributed by atoms with Crippen molar-refractivity contribution in [1.29, 1.82) is 0 Å². The maximum Gasteiger partial charge on any atom is 0.363 e. The van der Waals surface area contributed by atoms with Gasteiger partial charge in [-0.25, -0.2) is 5.26 Å². The molecule has 5 N–H and O–H groups in total. The van der Waals surface area contributed by atoms with E-state index in [1.54, 1.807) is 0 Å². The average molecular weight is 350 g/mol. The molecule has 0 spiro atoms. The zero-order valence-corrected chi connectivity index (χ0v) is 14.8. The van der Waals surface area contributed by atoms with Crippen LogP contribution in [0.4, 0.5) is 0 Å². The van der Waals surface area contributed by atoms with E-state index in [0.29, 0.717) is 6.54 Å². The van der Waals surface area contributed by atoms with Gasteiger partial charge in [-0.1, -0.05) is 5.04 Å². The Kier molecular flexibility index (Phi) is 8.98. The molecule has 0 aromatic carbocycles. The fraction of sp³-hybridized carbons (Fsp3) is 1.00. The van der Waals surface area contributed by atoms with Gasteiger partial charge in [-0.05, 0) is 0 Å². The number of quaternary nitrogens is 2. The van der Waals surface area contributed by atoms with Crippen LogP contribution in [0.15, 0.2) is 0 Å². The Bertz CT molecular complexity index is 347. The number of nitrogens with one attached hydrogen (secondary N) is 1. The van der Waals surface area contributed by atoms with Crippen LogP contribution in [0, 0.1) is 0 Å². The third kappa shape index (κ3) is 9.15. The lowest BCUT2D eigenvalue weighted by atomic mass is 10.3. The minimum atomic E-state index is -4.79.